The number of rotatable bonds is 4. The molecule has 0 aromatic heterocycles. The van der Waals surface area contributed by atoms with Gasteiger partial charge in [-0.1, -0.05) is 26.7 Å². The Bertz CT molecular complexity index is 321. The van der Waals surface area contributed by atoms with Crippen molar-refractivity contribution >= 4 is 5.91 Å². The Labute approximate surface area is 124 Å². The van der Waals surface area contributed by atoms with Gasteiger partial charge in [0.25, 0.3) is 0 Å². The zero-order valence-corrected chi connectivity index (χ0v) is 13.6. The maximum Gasteiger partial charge on any atom is 0.225 e. The molecule has 1 aliphatic carbocycles. The van der Waals surface area contributed by atoms with Gasteiger partial charge in [0.05, 0.1) is 0 Å². The van der Waals surface area contributed by atoms with Gasteiger partial charge in [0.1, 0.15) is 0 Å². The fraction of sp³-hybridized carbons (Fsp3) is 0.941. The van der Waals surface area contributed by atoms with E-state index in [4.69, 9.17) is 0 Å². The lowest BCUT2D eigenvalue weighted by atomic mass is 9.68. The molecule has 2 fully saturated rings. The molecule has 20 heavy (non-hydrogen) atoms. The number of carbonyl (C=O) groups is 1. The highest BCUT2D eigenvalue weighted by molar-refractivity contribution is 5.79. The molecule has 1 amide bonds. The lowest BCUT2D eigenvalue weighted by Gasteiger charge is -2.39. The lowest BCUT2D eigenvalue weighted by molar-refractivity contribution is -0.140. The lowest BCUT2D eigenvalue weighted by Crippen LogP contribution is -2.42. The topological polar surface area (TPSA) is 32.3 Å². The second-order valence-corrected chi connectivity index (χ2v) is 7.53. The Balaban J connectivity index is 1.81. The summed E-state index contributed by atoms with van der Waals surface area (Å²) in [4.78, 5) is 14.7. The molecular weight excluding hydrogens is 248 g/mol. The number of hydrogen-bond acceptors (Lipinski definition) is 2. The number of piperidine rings is 1. The highest BCUT2D eigenvalue weighted by Gasteiger charge is 2.38. The van der Waals surface area contributed by atoms with Crippen LogP contribution in [0.25, 0.3) is 0 Å². The summed E-state index contributed by atoms with van der Waals surface area (Å²) in [5.41, 5.74) is 0.193. The number of amides is 1. The summed E-state index contributed by atoms with van der Waals surface area (Å²) >= 11 is 0. The minimum Gasteiger partial charge on any atom is -0.345 e. The van der Waals surface area contributed by atoms with Crippen LogP contribution in [-0.4, -0.2) is 37.5 Å². The molecule has 0 bridgehead atoms. The highest BCUT2D eigenvalue weighted by atomic mass is 16.2. The van der Waals surface area contributed by atoms with Crippen molar-refractivity contribution in [3.63, 3.8) is 0 Å². The van der Waals surface area contributed by atoms with Gasteiger partial charge < -0.3 is 10.2 Å². The Morgan fingerprint density at radius 2 is 1.90 bits per heavy atom. The Hall–Kier alpha value is -0.570. The van der Waals surface area contributed by atoms with Gasteiger partial charge in [-0.2, -0.15) is 0 Å². The van der Waals surface area contributed by atoms with Gasteiger partial charge in [0.15, 0.2) is 0 Å². The molecule has 1 N–H and O–H groups in total. The van der Waals surface area contributed by atoms with E-state index in [1.807, 2.05) is 11.9 Å². The minimum absolute atomic E-state index is 0.193. The molecule has 1 saturated carbocycles. The number of carbonyl (C=O) groups excluding carboxylic acids is 1. The first-order chi connectivity index (χ1) is 9.50. The van der Waals surface area contributed by atoms with Crippen LogP contribution in [-0.2, 0) is 4.79 Å². The monoisotopic (exact) mass is 280 g/mol. The van der Waals surface area contributed by atoms with Crippen LogP contribution >= 0.6 is 0 Å². The largest absolute Gasteiger partial charge is 0.345 e. The van der Waals surface area contributed by atoms with Crippen LogP contribution in [0, 0.1) is 17.3 Å². The Morgan fingerprint density at radius 1 is 1.20 bits per heavy atom. The van der Waals surface area contributed by atoms with Crippen LogP contribution in [0.1, 0.15) is 58.8 Å². The van der Waals surface area contributed by atoms with Crippen LogP contribution in [0.4, 0.5) is 0 Å². The number of hydrogen-bond donors (Lipinski definition) is 1. The molecule has 1 unspecified atom stereocenters. The molecule has 1 atom stereocenters. The minimum atomic E-state index is 0.193. The fourth-order valence-corrected chi connectivity index (χ4v) is 3.87. The summed E-state index contributed by atoms with van der Waals surface area (Å²) in [5, 5.41) is 3.41. The van der Waals surface area contributed by atoms with Gasteiger partial charge in [-0.15, -0.1) is 0 Å². The second-order valence-electron chi connectivity index (χ2n) is 7.53. The summed E-state index contributed by atoms with van der Waals surface area (Å²) in [6.07, 6.45) is 8.53. The van der Waals surface area contributed by atoms with E-state index in [1.54, 1.807) is 0 Å². The molecule has 2 aliphatic rings. The van der Waals surface area contributed by atoms with Crippen LogP contribution < -0.4 is 5.32 Å². The van der Waals surface area contributed by atoms with Gasteiger partial charge in [0, 0.05) is 19.5 Å². The second kappa shape index (κ2) is 6.93. The molecule has 3 nitrogen and oxygen atoms in total. The predicted molar refractivity (Wildman–Crippen MR) is 83.6 cm³/mol. The Kier molecular flexibility index (Phi) is 5.48. The third-order valence-corrected chi connectivity index (χ3v) is 5.51. The molecular formula is C17H32N2O. The quantitative estimate of drug-likeness (QED) is 0.858. The van der Waals surface area contributed by atoms with Crippen molar-refractivity contribution in [2.75, 3.05) is 26.7 Å². The molecule has 0 aromatic rings. The van der Waals surface area contributed by atoms with E-state index in [0.29, 0.717) is 5.91 Å². The van der Waals surface area contributed by atoms with Gasteiger partial charge in [-0.25, -0.2) is 0 Å². The highest BCUT2D eigenvalue weighted by Crippen LogP contribution is 2.41. The maximum atomic E-state index is 12.7. The van der Waals surface area contributed by atoms with Crippen molar-refractivity contribution in [3.8, 4) is 0 Å². The molecule has 0 radical (unpaired) electrons. The average molecular weight is 280 g/mol. The maximum absolute atomic E-state index is 12.7. The SMILES string of the molecule is CN(CCC1CCNCC1)C(=O)C1CCCCC1(C)C. The summed E-state index contributed by atoms with van der Waals surface area (Å²) in [6, 6.07) is 0. The van der Waals surface area contributed by atoms with E-state index < -0.39 is 0 Å². The van der Waals surface area contributed by atoms with Gasteiger partial charge in [-0.05, 0) is 56.5 Å². The first-order valence-electron chi connectivity index (χ1n) is 8.46. The van der Waals surface area contributed by atoms with Gasteiger partial charge in [-0.3, -0.25) is 4.79 Å². The van der Waals surface area contributed by atoms with Crippen LogP contribution in [0.5, 0.6) is 0 Å². The predicted octanol–water partition coefficient (Wildman–Crippen LogP) is 3.05. The van der Waals surface area contributed by atoms with E-state index in [0.717, 1.165) is 32.0 Å². The molecule has 0 spiro atoms. The van der Waals surface area contributed by atoms with Crippen molar-refractivity contribution in [2.24, 2.45) is 17.3 Å². The molecule has 1 aliphatic heterocycles. The van der Waals surface area contributed by atoms with Crippen molar-refractivity contribution in [1.29, 1.82) is 0 Å². The summed E-state index contributed by atoms with van der Waals surface area (Å²) in [6.45, 7) is 7.79. The zero-order valence-electron chi connectivity index (χ0n) is 13.6. The third kappa shape index (κ3) is 3.97. The van der Waals surface area contributed by atoms with Crippen molar-refractivity contribution < 1.29 is 4.79 Å². The van der Waals surface area contributed by atoms with E-state index >= 15 is 0 Å². The molecule has 116 valence electrons. The van der Waals surface area contributed by atoms with E-state index in [-0.39, 0.29) is 11.3 Å². The molecule has 2 rings (SSSR count). The molecule has 3 heteroatoms. The first kappa shape index (κ1) is 15.8. The van der Waals surface area contributed by atoms with E-state index in [2.05, 4.69) is 19.2 Å². The Morgan fingerprint density at radius 3 is 2.55 bits per heavy atom. The average Bonchev–Trinajstić information content (AvgIpc) is 2.44. The first-order valence-corrected chi connectivity index (χ1v) is 8.46. The molecule has 0 aromatic carbocycles. The summed E-state index contributed by atoms with van der Waals surface area (Å²) in [5.74, 6) is 1.45. The third-order valence-electron chi connectivity index (χ3n) is 5.51. The summed E-state index contributed by atoms with van der Waals surface area (Å²) < 4.78 is 0. The van der Waals surface area contributed by atoms with Gasteiger partial charge in [0.2, 0.25) is 5.91 Å². The summed E-state index contributed by atoms with van der Waals surface area (Å²) in [7, 11) is 2.01. The standard InChI is InChI=1S/C17H32N2O/c1-17(2)10-5-4-6-15(17)16(20)19(3)13-9-14-7-11-18-12-8-14/h14-15,18H,4-13H2,1-3H3. The zero-order chi connectivity index (χ0) is 14.6. The van der Waals surface area contributed by atoms with Crippen LogP contribution in [0.2, 0.25) is 0 Å². The molecule has 1 saturated heterocycles. The van der Waals surface area contributed by atoms with E-state index in [1.165, 1.54) is 38.5 Å². The number of nitrogens with zero attached hydrogens (tertiary/aromatic N) is 1. The number of nitrogens with one attached hydrogen (secondary N) is 1. The van der Waals surface area contributed by atoms with Crippen molar-refractivity contribution in [3.05, 3.63) is 0 Å². The fourth-order valence-electron chi connectivity index (χ4n) is 3.87. The van der Waals surface area contributed by atoms with Crippen molar-refractivity contribution in [2.45, 2.75) is 58.8 Å². The normalized spacial score (nSPS) is 27.2. The van der Waals surface area contributed by atoms with E-state index in [9.17, 15) is 4.79 Å². The molecule has 1 heterocycles. The van der Waals surface area contributed by atoms with Crippen molar-refractivity contribution in [1.82, 2.24) is 10.2 Å². The smallest absolute Gasteiger partial charge is 0.225 e. The van der Waals surface area contributed by atoms with Crippen LogP contribution in [0.15, 0.2) is 0 Å². The van der Waals surface area contributed by atoms with Crippen LogP contribution in [0.3, 0.4) is 0 Å². The van der Waals surface area contributed by atoms with Gasteiger partial charge >= 0.3 is 0 Å².